The van der Waals surface area contributed by atoms with Crippen molar-refractivity contribution in [2.24, 2.45) is 5.92 Å². The zero-order valence-corrected chi connectivity index (χ0v) is 8.28. The van der Waals surface area contributed by atoms with Gasteiger partial charge < -0.3 is 10.0 Å². The van der Waals surface area contributed by atoms with Gasteiger partial charge in [0.25, 0.3) is 0 Å². The minimum absolute atomic E-state index is 0.624. The summed E-state index contributed by atoms with van der Waals surface area (Å²) < 4.78 is 0. The third kappa shape index (κ3) is 3.25. The Morgan fingerprint density at radius 2 is 2.14 bits per heavy atom. The van der Waals surface area contributed by atoms with E-state index in [1.807, 2.05) is 0 Å². The van der Waals surface area contributed by atoms with Crippen LogP contribution in [-0.4, -0.2) is 29.2 Å². The molecule has 0 bridgehead atoms. The molecule has 1 amide bonds. The lowest BCUT2D eigenvalue weighted by atomic mass is 9.92. The van der Waals surface area contributed by atoms with E-state index in [1.165, 1.54) is 4.90 Å². The average molecular weight is 196 g/mol. The molecule has 4 heteroatoms. The van der Waals surface area contributed by atoms with Crippen LogP contribution in [0.15, 0.2) is 0 Å². The molecule has 1 aliphatic heterocycles. The molecule has 1 heterocycles. The highest BCUT2D eigenvalue weighted by Gasteiger charge is 2.21. The van der Waals surface area contributed by atoms with Gasteiger partial charge in [0.05, 0.1) is 6.07 Å². The maximum absolute atomic E-state index is 10.6. The average Bonchev–Trinajstić information content (AvgIpc) is 2.19. The lowest BCUT2D eigenvalue weighted by Gasteiger charge is -2.29. The highest BCUT2D eigenvalue weighted by atomic mass is 16.4. The molecule has 0 aromatic heterocycles. The first-order valence-corrected chi connectivity index (χ1v) is 5.09. The Balaban J connectivity index is 2.16. The molecular formula is C10H16N2O2. The van der Waals surface area contributed by atoms with Crippen LogP contribution in [0.2, 0.25) is 0 Å². The predicted octanol–water partition coefficient (Wildman–Crippen LogP) is 2.07. The molecule has 1 N–H and O–H groups in total. The number of unbranched alkanes of at least 4 members (excludes halogenated alkanes) is 1. The third-order valence-electron chi connectivity index (χ3n) is 2.79. The van der Waals surface area contributed by atoms with Crippen molar-refractivity contribution in [3.63, 3.8) is 0 Å². The van der Waals surface area contributed by atoms with Crippen molar-refractivity contribution >= 4 is 6.09 Å². The van der Waals surface area contributed by atoms with Crippen molar-refractivity contribution < 1.29 is 9.90 Å². The van der Waals surface area contributed by atoms with Gasteiger partial charge in [0, 0.05) is 19.5 Å². The monoisotopic (exact) mass is 196 g/mol. The number of carboxylic acid groups (broad SMARTS) is 1. The molecule has 0 radical (unpaired) electrons. The molecule has 0 aromatic rings. The summed E-state index contributed by atoms with van der Waals surface area (Å²) in [5.74, 6) is 0.624. The van der Waals surface area contributed by atoms with Gasteiger partial charge in [0.1, 0.15) is 0 Å². The van der Waals surface area contributed by atoms with Crippen LogP contribution in [0.5, 0.6) is 0 Å². The van der Waals surface area contributed by atoms with Crippen LogP contribution >= 0.6 is 0 Å². The summed E-state index contributed by atoms with van der Waals surface area (Å²) in [6.07, 6.45) is 3.75. The second kappa shape index (κ2) is 5.48. The normalized spacial score (nSPS) is 17.8. The molecule has 78 valence electrons. The number of likely N-dealkylation sites (tertiary alicyclic amines) is 1. The van der Waals surface area contributed by atoms with Crippen molar-refractivity contribution in [1.82, 2.24) is 4.90 Å². The summed E-state index contributed by atoms with van der Waals surface area (Å²) in [7, 11) is 0. The van der Waals surface area contributed by atoms with E-state index in [9.17, 15) is 4.79 Å². The molecule has 1 aliphatic rings. The standard InChI is InChI=1S/C10H16N2O2/c11-6-2-1-3-9-4-7-12(8-5-9)10(13)14/h9H,1-5,7-8H2,(H,13,14). The molecular weight excluding hydrogens is 180 g/mol. The largest absolute Gasteiger partial charge is 0.465 e. The van der Waals surface area contributed by atoms with E-state index in [1.54, 1.807) is 0 Å². The fraction of sp³-hybridized carbons (Fsp3) is 0.800. The van der Waals surface area contributed by atoms with Gasteiger partial charge in [-0.2, -0.15) is 5.26 Å². The zero-order valence-electron chi connectivity index (χ0n) is 8.28. The molecule has 1 saturated heterocycles. The number of piperidine rings is 1. The number of rotatable bonds is 3. The summed E-state index contributed by atoms with van der Waals surface area (Å²) in [5.41, 5.74) is 0. The second-order valence-corrected chi connectivity index (χ2v) is 3.76. The van der Waals surface area contributed by atoms with Crippen molar-refractivity contribution in [3.05, 3.63) is 0 Å². The summed E-state index contributed by atoms with van der Waals surface area (Å²) in [5, 5.41) is 17.1. The Hall–Kier alpha value is -1.24. The Morgan fingerprint density at radius 1 is 1.50 bits per heavy atom. The quantitative estimate of drug-likeness (QED) is 0.703. The number of hydrogen-bond donors (Lipinski definition) is 1. The molecule has 0 unspecified atom stereocenters. The van der Waals surface area contributed by atoms with Gasteiger partial charge in [-0.25, -0.2) is 4.79 Å². The molecule has 0 aromatic carbocycles. The topological polar surface area (TPSA) is 64.3 Å². The Labute approximate surface area is 84.1 Å². The lowest BCUT2D eigenvalue weighted by Crippen LogP contribution is -2.37. The lowest BCUT2D eigenvalue weighted by molar-refractivity contribution is 0.123. The fourth-order valence-corrected chi connectivity index (χ4v) is 1.88. The SMILES string of the molecule is N#CCCCC1CCN(C(=O)O)CC1. The molecule has 1 fully saturated rings. The molecule has 14 heavy (non-hydrogen) atoms. The van der Waals surface area contributed by atoms with Crippen LogP contribution in [-0.2, 0) is 0 Å². The maximum Gasteiger partial charge on any atom is 0.407 e. The predicted molar refractivity (Wildman–Crippen MR) is 51.8 cm³/mol. The van der Waals surface area contributed by atoms with Gasteiger partial charge in [0.15, 0.2) is 0 Å². The van der Waals surface area contributed by atoms with Gasteiger partial charge in [-0.1, -0.05) is 0 Å². The van der Waals surface area contributed by atoms with E-state index >= 15 is 0 Å². The Bertz CT molecular complexity index is 227. The fourth-order valence-electron chi connectivity index (χ4n) is 1.88. The second-order valence-electron chi connectivity index (χ2n) is 3.76. The van der Waals surface area contributed by atoms with Crippen LogP contribution in [0.1, 0.15) is 32.1 Å². The van der Waals surface area contributed by atoms with E-state index in [2.05, 4.69) is 6.07 Å². The summed E-state index contributed by atoms with van der Waals surface area (Å²) >= 11 is 0. The van der Waals surface area contributed by atoms with Gasteiger partial charge in [-0.3, -0.25) is 0 Å². The maximum atomic E-state index is 10.6. The third-order valence-corrected chi connectivity index (χ3v) is 2.79. The minimum Gasteiger partial charge on any atom is -0.465 e. The van der Waals surface area contributed by atoms with Crippen LogP contribution < -0.4 is 0 Å². The van der Waals surface area contributed by atoms with Gasteiger partial charge in [-0.05, 0) is 31.6 Å². The minimum atomic E-state index is -0.805. The van der Waals surface area contributed by atoms with Crippen LogP contribution in [0, 0.1) is 17.2 Å². The van der Waals surface area contributed by atoms with E-state index in [4.69, 9.17) is 10.4 Å². The molecule has 4 nitrogen and oxygen atoms in total. The van der Waals surface area contributed by atoms with E-state index in [-0.39, 0.29) is 0 Å². The molecule has 0 aliphatic carbocycles. The first kappa shape index (κ1) is 10.8. The van der Waals surface area contributed by atoms with Crippen molar-refractivity contribution in [2.45, 2.75) is 32.1 Å². The molecule has 0 spiro atoms. The Morgan fingerprint density at radius 3 is 2.64 bits per heavy atom. The van der Waals surface area contributed by atoms with Crippen LogP contribution in [0.25, 0.3) is 0 Å². The first-order chi connectivity index (χ1) is 6.74. The summed E-state index contributed by atoms with van der Waals surface area (Å²) in [4.78, 5) is 12.1. The molecule has 0 saturated carbocycles. The van der Waals surface area contributed by atoms with Gasteiger partial charge in [-0.15, -0.1) is 0 Å². The van der Waals surface area contributed by atoms with Crippen molar-refractivity contribution in [1.29, 1.82) is 5.26 Å². The zero-order chi connectivity index (χ0) is 10.4. The van der Waals surface area contributed by atoms with E-state index in [0.717, 1.165) is 25.7 Å². The molecule has 1 rings (SSSR count). The Kier molecular flexibility index (Phi) is 4.24. The van der Waals surface area contributed by atoms with Crippen LogP contribution in [0.3, 0.4) is 0 Å². The van der Waals surface area contributed by atoms with Crippen molar-refractivity contribution in [2.75, 3.05) is 13.1 Å². The number of hydrogen-bond acceptors (Lipinski definition) is 2. The van der Waals surface area contributed by atoms with Gasteiger partial charge in [0.2, 0.25) is 0 Å². The summed E-state index contributed by atoms with van der Waals surface area (Å²) in [6.45, 7) is 1.32. The number of amides is 1. The van der Waals surface area contributed by atoms with E-state index in [0.29, 0.717) is 25.4 Å². The molecule has 0 atom stereocenters. The van der Waals surface area contributed by atoms with E-state index < -0.39 is 6.09 Å². The smallest absolute Gasteiger partial charge is 0.407 e. The highest BCUT2D eigenvalue weighted by Crippen LogP contribution is 2.22. The number of nitrogens with zero attached hydrogens (tertiary/aromatic N) is 2. The van der Waals surface area contributed by atoms with Crippen LogP contribution in [0.4, 0.5) is 4.79 Å². The summed E-state index contributed by atoms with van der Waals surface area (Å²) in [6, 6.07) is 2.13. The first-order valence-electron chi connectivity index (χ1n) is 5.09. The number of nitriles is 1. The highest BCUT2D eigenvalue weighted by molar-refractivity contribution is 5.64. The van der Waals surface area contributed by atoms with Gasteiger partial charge >= 0.3 is 6.09 Å². The number of carbonyl (C=O) groups is 1. The van der Waals surface area contributed by atoms with Crippen molar-refractivity contribution in [3.8, 4) is 6.07 Å².